The van der Waals surface area contributed by atoms with Crippen LogP contribution < -0.4 is 10.2 Å². The molecule has 0 saturated heterocycles. The molecule has 1 N–H and O–H groups in total. The van der Waals surface area contributed by atoms with Crippen LogP contribution in [0.1, 0.15) is 38.8 Å². The first kappa shape index (κ1) is 18.0. The third-order valence-corrected chi connectivity index (χ3v) is 3.79. The van der Waals surface area contributed by atoms with E-state index < -0.39 is 0 Å². The molecule has 120 valence electrons. The zero-order valence-corrected chi connectivity index (χ0v) is 14.9. The average Bonchev–Trinajstić information content (AvgIpc) is 2.38. The summed E-state index contributed by atoms with van der Waals surface area (Å²) < 4.78 is 0. The van der Waals surface area contributed by atoms with Crippen molar-refractivity contribution in [3.8, 4) is 0 Å². The lowest BCUT2D eigenvalue weighted by molar-refractivity contribution is 0.373. The summed E-state index contributed by atoms with van der Waals surface area (Å²) in [5, 5.41) is 3.48. The molecular formula is C18H33N3. The predicted molar refractivity (Wildman–Crippen MR) is 94.2 cm³/mol. The van der Waals surface area contributed by atoms with E-state index >= 15 is 0 Å². The van der Waals surface area contributed by atoms with Crippen molar-refractivity contribution < 1.29 is 0 Å². The summed E-state index contributed by atoms with van der Waals surface area (Å²) in [6, 6.07) is 7.89. The highest BCUT2D eigenvalue weighted by molar-refractivity contribution is 5.55. The highest BCUT2D eigenvalue weighted by Crippen LogP contribution is 2.23. The molecule has 3 heteroatoms. The second-order valence-electron chi connectivity index (χ2n) is 6.55. The number of likely N-dealkylation sites (N-methyl/N-ethyl adjacent to an activating group) is 2. The van der Waals surface area contributed by atoms with Gasteiger partial charge in [0.15, 0.2) is 0 Å². The molecule has 0 amide bonds. The summed E-state index contributed by atoms with van der Waals surface area (Å²) in [6.45, 7) is 14.2. The van der Waals surface area contributed by atoms with E-state index in [1.54, 1.807) is 0 Å². The molecule has 1 unspecified atom stereocenters. The Morgan fingerprint density at radius 3 is 2.29 bits per heavy atom. The Morgan fingerprint density at radius 2 is 1.81 bits per heavy atom. The van der Waals surface area contributed by atoms with E-state index in [1.807, 2.05) is 0 Å². The number of nitrogens with one attached hydrogen (secondary N) is 1. The van der Waals surface area contributed by atoms with Crippen LogP contribution in [-0.2, 0) is 6.54 Å². The molecule has 0 bridgehead atoms. The van der Waals surface area contributed by atoms with Gasteiger partial charge in [-0.2, -0.15) is 0 Å². The van der Waals surface area contributed by atoms with Crippen molar-refractivity contribution in [3.05, 3.63) is 29.3 Å². The maximum atomic E-state index is 3.48. The molecule has 21 heavy (non-hydrogen) atoms. The Balaban J connectivity index is 2.85. The van der Waals surface area contributed by atoms with Crippen LogP contribution in [-0.4, -0.2) is 44.2 Å². The van der Waals surface area contributed by atoms with Crippen molar-refractivity contribution in [2.24, 2.45) is 0 Å². The molecule has 1 rings (SSSR count). The van der Waals surface area contributed by atoms with Crippen LogP contribution in [0.2, 0.25) is 0 Å². The minimum atomic E-state index is 0.517. The zero-order chi connectivity index (χ0) is 16.0. The van der Waals surface area contributed by atoms with Crippen molar-refractivity contribution in [1.29, 1.82) is 0 Å². The average molecular weight is 291 g/mol. The number of hydrogen-bond acceptors (Lipinski definition) is 3. The first-order chi connectivity index (χ1) is 9.85. The fraction of sp³-hybridized carbons (Fsp3) is 0.667. The fourth-order valence-electron chi connectivity index (χ4n) is 2.82. The first-order valence-electron chi connectivity index (χ1n) is 8.09. The van der Waals surface area contributed by atoms with E-state index in [0.717, 1.165) is 19.6 Å². The van der Waals surface area contributed by atoms with Gasteiger partial charge >= 0.3 is 0 Å². The topological polar surface area (TPSA) is 18.5 Å². The minimum absolute atomic E-state index is 0.517. The van der Waals surface area contributed by atoms with E-state index in [9.17, 15) is 0 Å². The third kappa shape index (κ3) is 5.68. The van der Waals surface area contributed by atoms with Gasteiger partial charge in [0, 0.05) is 37.4 Å². The lowest BCUT2D eigenvalue weighted by atomic mass is 10.1. The molecule has 0 saturated carbocycles. The molecule has 0 heterocycles. The van der Waals surface area contributed by atoms with Gasteiger partial charge in [-0.1, -0.05) is 26.0 Å². The number of aryl methyl sites for hydroxylation is 1. The highest BCUT2D eigenvalue weighted by Gasteiger charge is 2.15. The van der Waals surface area contributed by atoms with Crippen molar-refractivity contribution in [3.63, 3.8) is 0 Å². The van der Waals surface area contributed by atoms with Crippen LogP contribution in [0.25, 0.3) is 0 Å². The quantitative estimate of drug-likeness (QED) is 0.793. The Labute approximate surface area is 131 Å². The molecule has 0 radical (unpaired) electrons. The molecule has 0 aliphatic carbocycles. The van der Waals surface area contributed by atoms with Gasteiger partial charge in [-0.05, 0) is 52.1 Å². The summed E-state index contributed by atoms with van der Waals surface area (Å²) in [6.07, 6.45) is 0. The van der Waals surface area contributed by atoms with E-state index in [0.29, 0.717) is 12.1 Å². The lowest BCUT2D eigenvalue weighted by Gasteiger charge is -2.33. The van der Waals surface area contributed by atoms with Gasteiger partial charge in [0.05, 0.1) is 0 Å². The Hall–Kier alpha value is -1.06. The predicted octanol–water partition coefficient (Wildman–Crippen LogP) is 3.27. The van der Waals surface area contributed by atoms with E-state index in [-0.39, 0.29) is 0 Å². The van der Waals surface area contributed by atoms with E-state index in [1.165, 1.54) is 16.8 Å². The maximum Gasteiger partial charge on any atom is 0.0398 e. The summed E-state index contributed by atoms with van der Waals surface area (Å²) in [4.78, 5) is 4.75. The van der Waals surface area contributed by atoms with Crippen LogP contribution in [0.5, 0.6) is 0 Å². The minimum Gasteiger partial charge on any atom is -0.368 e. The number of anilines is 1. The molecule has 1 aromatic carbocycles. The van der Waals surface area contributed by atoms with Crippen molar-refractivity contribution in [1.82, 2.24) is 10.2 Å². The fourth-order valence-corrected chi connectivity index (χ4v) is 2.82. The van der Waals surface area contributed by atoms with Gasteiger partial charge in [-0.3, -0.25) is 0 Å². The lowest BCUT2D eigenvalue weighted by Crippen LogP contribution is -2.40. The van der Waals surface area contributed by atoms with Gasteiger partial charge in [-0.15, -0.1) is 0 Å². The summed E-state index contributed by atoms with van der Waals surface area (Å²) in [5.74, 6) is 0. The summed E-state index contributed by atoms with van der Waals surface area (Å²) >= 11 is 0. The second-order valence-corrected chi connectivity index (χ2v) is 6.55. The number of rotatable bonds is 8. The van der Waals surface area contributed by atoms with Crippen molar-refractivity contribution in [2.75, 3.05) is 32.1 Å². The van der Waals surface area contributed by atoms with Gasteiger partial charge in [0.1, 0.15) is 0 Å². The summed E-state index contributed by atoms with van der Waals surface area (Å²) in [5.41, 5.74) is 4.09. The van der Waals surface area contributed by atoms with Crippen LogP contribution in [0.4, 0.5) is 5.69 Å². The van der Waals surface area contributed by atoms with Crippen molar-refractivity contribution >= 4 is 5.69 Å². The van der Waals surface area contributed by atoms with Crippen LogP contribution in [0, 0.1) is 6.92 Å². The van der Waals surface area contributed by atoms with Gasteiger partial charge in [0.2, 0.25) is 0 Å². The second kappa shape index (κ2) is 8.40. The Morgan fingerprint density at radius 1 is 1.14 bits per heavy atom. The van der Waals surface area contributed by atoms with Crippen LogP contribution in [0.15, 0.2) is 18.2 Å². The first-order valence-corrected chi connectivity index (χ1v) is 8.09. The SMILES string of the molecule is CCN(c1ccc(CNC(C)C)cc1C)C(C)CN(C)C. The molecule has 3 nitrogen and oxygen atoms in total. The Bertz CT molecular complexity index is 426. The zero-order valence-electron chi connectivity index (χ0n) is 14.9. The standard InChI is InChI=1S/C18H33N3/c1-8-21(16(5)13-20(6)7)18-10-9-17(11-15(18)4)12-19-14(2)3/h9-11,14,16,19H,8,12-13H2,1-7H3. The van der Waals surface area contributed by atoms with Crippen molar-refractivity contribution in [2.45, 2.75) is 53.2 Å². The van der Waals surface area contributed by atoms with Gasteiger partial charge < -0.3 is 15.1 Å². The highest BCUT2D eigenvalue weighted by atomic mass is 15.2. The van der Waals surface area contributed by atoms with E-state index in [4.69, 9.17) is 0 Å². The summed E-state index contributed by atoms with van der Waals surface area (Å²) in [7, 11) is 4.27. The molecule has 0 aromatic heterocycles. The molecule has 1 atom stereocenters. The number of nitrogens with zero attached hydrogens (tertiary/aromatic N) is 2. The normalized spacial score (nSPS) is 13.0. The molecular weight excluding hydrogens is 258 g/mol. The van der Waals surface area contributed by atoms with Crippen LogP contribution in [0.3, 0.4) is 0 Å². The third-order valence-electron chi connectivity index (χ3n) is 3.79. The van der Waals surface area contributed by atoms with Crippen LogP contribution >= 0.6 is 0 Å². The largest absolute Gasteiger partial charge is 0.368 e. The molecule has 0 aliphatic heterocycles. The molecule has 0 aliphatic rings. The molecule has 0 fully saturated rings. The Kier molecular flexibility index (Phi) is 7.20. The molecule has 1 aromatic rings. The monoisotopic (exact) mass is 291 g/mol. The van der Waals surface area contributed by atoms with Gasteiger partial charge in [-0.25, -0.2) is 0 Å². The number of benzene rings is 1. The molecule has 0 spiro atoms. The van der Waals surface area contributed by atoms with Gasteiger partial charge in [0.25, 0.3) is 0 Å². The van der Waals surface area contributed by atoms with E-state index in [2.05, 4.69) is 82.0 Å². The maximum absolute atomic E-state index is 3.48. The smallest absolute Gasteiger partial charge is 0.0398 e. The number of hydrogen-bond donors (Lipinski definition) is 1.